The lowest BCUT2D eigenvalue weighted by molar-refractivity contribution is -0.161. The number of ether oxygens (including phenoxy) is 2. The zero-order valence-electron chi connectivity index (χ0n) is 23.4. The van der Waals surface area contributed by atoms with E-state index < -0.39 is 17.6 Å². The lowest BCUT2D eigenvalue weighted by atomic mass is 9.89. The van der Waals surface area contributed by atoms with Crippen LogP contribution in [0.4, 0.5) is 0 Å². The summed E-state index contributed by atoms with van der Waals surface area (Å²) >= 11 is 0. The van der Waals surface area contributed by atoms with Gasteiger partial charge in [0.05, 0.1) is 17.9 Å². The summed E-state index contributed by atoms with van der Waals surface area (Å²) in [6.45, 7) is 12.2. The lowest BCUT2D eigenvalue weighted by Gasteiger charge is -2.28. The first-order valence-corrected chi connectivity index (χ1v) is 13.9. The fourth-order valence-corrected chi connectivity index (χ4v) is 4.63. The third-order valence-electron chi connectivity index (χ3n) is 7.33. The van der Waals surface area contributed by atoms with E-state index in [0.717, 1.165) is 41.5 Å². The normalized spacial score (nSPS) is 19.4. The smallest absolute Gasteiger partial charge is 0.312 e. The Hall–Kier alpha value is -2.14. The first-order valence-electron chi connectivity index (χ1n) is 13.9. The Morgan fingerprint density at radius 2 is 1.81 bits per heavy atom. The molecule has 1 N–H and O–H groups in total. The molecule has 36 heavy (non-hydrogen) atoms. The zero-order valence-corrected chi connectivity index (χ0v) is 23.4. The van der Waals surface area contributed by atoms with Crippen LogP contribution in [0.25, 0.3) is 6.08 Å². The Morgan fingerprint density at radius 1 is 1.14 bits per heavy atom. The summed E-state index contributed by atoms with van der Waals surface area (Å²) in [6.07, 6.45) is 12.7. The molecule has 2 rings (SSSR count). The molecule has 5 heteroatoms. The molecular formula is C31H48O5. The fraction of sp³-hybridized carbons (Fsp3) is 0.677. The topological polar surface area (TPSA) is 72.8 Å². The van der Waals surface area contributed by atoms with Gasteiger partial charge in [0.15, 0.2) is 0 Å². The third-order valence-corrected chi connectivity index (χ3v) is 7.33. The summed E-state index contributed by atoms with van der Waals surface area (Å²) in [6, 6.07) is 4.24. The summed E-state index contributed by atoms with van der Waals surface area (Å²) in [4.78, 5) is 24.9. The van der Waals surface area contributed by atoms with Crippen LogP contribution in [0.1, 0.15) is 127 Å². The molecule has 1 aromatic carbocycles. The van der Waals surface area contributed by atoms with Crippen LogP contribution in [0.2, 0.25) is 0 Å². The molecule has 0 amide bonds. The molecule has 0 radical (unpaired) electrons. The number of cyclic esters (lactones) is 1. The van der Waals surface area contributed by atoms with Crippen LogP contribution in [0.3, 0.4) is 0 Å². The van der Waals surface area contributed by atoms with Crippen molar-refractivity contribution in [1.29, 1.82) is 0 Å². The van der Waals surface area contributed by atoms with E-state index in [-0.39, 0.29) is 24.5 Å². The molecule has 2 unspecified atom stereocenters. The standard InChI is InChI=1S/C31H48O5/c1-7-9-10-11-12-13-14-15-28(36-30(34)31(5,6)8-2)27-19-22(3)18-23(4)26(27)17-16-25-20-24(32)21-29(33)35-25/h16-19,24-25,28,32H,7-15,20-21H2,1-6H3/t24-,25?,28?/m0/s1. The van der Waals surface area contributed by atoms with Crippen molar-refractivity contribution in [2.75, 3.05) is 0 Å². The molecule has 1 saturated heterocycles. The molecule has 5 nitrogen and oxygen atoms in total. The van der Waals surface area contributed by atoms with E-state index in [1.165, 1.54) is 32.1 Å². The Balaban J connectivity index is 2.28. The van der Waals surface area contributed by atoms with Gasteiger partial charge in [-0.05, 0) is 64.2 Å². The third kappa shape index (κ3) is 9.38. The van der Waals surface area contributed by atoms with Crippen LogP contribution in [-0.2, 0) is 19.1 Å². The minimum atomic E-state index is -0.679. The molecule has 1 fully saturated rings. The summed E-state index contributed by atoms with van der Waals surface area (Å²) < 4.78 is 11.6. The van der Waals surface area contributed by atoms with Crippen molar-refractivity contribution in [3.05, 3.63) is 40.5 Å². The number of esters is 2. The minimum Gasteiger partial charge on any atom is -0.458 e. The molecule has 202 valence electrons. The van der Waals surface area contributed by atoms with Crippen molar-refractivity contribution in [1.82, 2.24) is 0 Å². The Bertz CT molecular complexity index is 885. The van der Waals surface area contributed by atoms with Gasteiger partial charge in [-0.1, -0.05) is 76.1 Å². The van der Waals surface area contributed by atoms with Crippen molar-refractivity contribution in [2.24, 2.45) is 5.41 Å². The molecule has 1 heterocycles. The molecule has 3 atom stereocenters. The zero-order chi connectivity index (χ0) is 26.7. The SMILES string of the molecule is CCCCCCCCCC(OC(=O)C(C)(C)CC)c1cc(C)cc(C)c1C=CC1C[C@H](O)CC(=O)O1. The van der Waals surface area contributed by atoms with E-state index in [1.54, 1.807) is 0 Å². The molecule has 0 aromatic heterocycles. The van der Waals surface area contributed by atoms with Gasteiger partial charge in [-0.25, -0.2) is 0 Å². The highest BCUT2D eigenvalue weighted by Crippen LogP contribution is 2.34. The maximum absolute atomic E-state index is 13.1. The fourth-order valence-electron chi connectivity index (χ4n) is 4.63. The molecule has 0 aliphatic carbocycles. The number of aryl methyl sites for hydroxylation is 2. The molecule has 0 saturated carbocycles. The monoisotopic (exact) mass is 500 g/mol. The van der Waals surface area contributed by atoms with Crippen LogP contribution >= 0.6 is 0 Å². The van der Waals surface area contributed by atoms with Gasteiger partial charge in [-0.2, -0.15) is 0 Å². The van der Waals surface area contributed by atoms with E-state index in [1.807, 2.05) is 32.9 Å². The second-order valence-corrected chi connectivity index (χ2v) is 11.1. The van der Waals surface area contributed by atoms with Crippen molar-refractivity contribution >= 4 is 18.0 Å². The van der Waals surface area contributed by atoms with E-state index in [0.29, 0.717) is 12.8 Å². The van der Waals surface area contributed by atoms with Crippen LogP contribution in [0, 0.1) is 19.3 Å². The van der Waals surface area contributed by atoms with Gasteiger partial charge in [0.1, 0.15) is 12.2 Å². The van der Waals surface area contributed by atoms with Crippen LogP contribution < -0.4 is 0 Å². The maximum atomic E-state index is 13.1. The van der Waals surface area contributed by atoms with E-state index in [2.05, 4.69) is 32.9 Å². The maximum Gasteiger partial charge on any atom is 0.312 e. The van der Waals surface area contributed by atoms with Gasteiger partial charge >= 0.3 is 11.9 Å². The summed E-state index contributed by atoms with van der Waals surface area (Å²) in [5.74, 6) is -0.548. The van der Waals surface area contributed by atoms with E-state index >= 15 is 0 Å². The number of benzene rings is 1. The number of aliphatic hydroxyl groups excluding tert-OH is 1. The van der Waals surface area contributed by atoms with Gasteiger partial charge in [0.2, 0.25) is 0 Å². The molecular weight excluding hydrogens is 452 g/mol. The average Bonchev–Trinajstić information content (AvgIpc) is 2.81. The summed E-state index contributed by atoms with van der Waals surface area (Å²) in [5.41, 5.74) is 3.65. The van der Waals surface area contributed by atoms with Crippen molar-refractivity contribution in [3.8, 4) is 0 Å². The first kappa shape index (κ1) is 30.1. The second-order valence-electron chi connectivity index (χ2n) is 11.1. The number of carbonyl (C=O) groups is 2. The molecule has 1 aliphatic heterocycles. The van der Waals surface area contributed by atoms with Crippen LogP contribution in [-0.4, -0.2) is 29.3 Å². The number of carbonyl (C=O) groups excluding carboxylic acids is 2. The highest BCUT2D eigenvalue weighted by atomic mass is 16.5. The Morgan fingerprint density at radius 3 is 2.44 bits per heavy atom. The van der Waals surface area contributed by atoms with Crippen molar-refractivity contribution in [2.45, 2.75) is 130 Å². The number of unbranched alkanes of at least 4 members (excludes halogenated alkanes) is 6. The Kier molecular flexibility index (Phi) is 12.2. The van der Waals surface area contributed by atoms with Gasteiger partial charge < -0.3 is 14.6 Å². The molecule has 0 spiro atoms. The predicted molar refractivity (Wildman–Crippen MR) is 146 cm³/mol. The van der Waals surface area contributed by atoms with Gasteiger partial charge in [-0.15, -0.1) is 0 Å². The summed E-state index contributed by atoms with van der Waals surface area (Å²) in [5, 5.41) is 9.98. The van der Waals surface area contributed by atoms with Crippen LogP contribution in [0.5, 0.6) is 0 Å². The largest absolute Gasteiger partial charge is 0.458 e. The highest BCUT2D eigenvalue weighted by molar-refractivity contribution is 5.76. The quantitative estimate of drug-likeness (QED) is 0.211. The predicted octanol–water partition coefficient (Wildman–Crippen LogP) is 7.54. The minimum absolute atomic E-state index is 0.0445. The van der Waals surface area contributed by atoms with Crippen LogP contribution in [0.15, 0.2) is 18.2 Å². The first-order chi connectivity index (χ1) is 17.1. The number of aliphatic hydroxyl groups is 1. The average molecular weight is 501 g/mol. The van der Waals surface area contributed by atoms with E-state index in [9.17, 15) is 14.7 Å². The summed E-state index contributed by atoms with van der Waals surface area (Å²) in [7, 11) is 0. The Labute approximate surface area is 218 Å². The number of hydrogen-bond donors (Lipinski definition) is 1. The lowest BCUT2D eigenvalue weighted by Crippen LogP contribution is -2.31. The van der Waals surface area contributed by atoms with Crippen molar-refractivity contribution < 1.29 is 24.2 Å². The van der Waals surface area contributed by atoms with Gasteiger partial charge in [0, 0.05) is 12.0 Å². The van der Waals surface area contributed by atoms with Crippen molar-refractivity contribution in [3.63, 3.8) is 0 Å². The number of rotatable bonds is 14. The van der Waals surface area contributed by atoms with Gasteiger partial charge in [0.25, 0.3) is 0 Å². The highest BCUT2D eigenvalue weighted by Gasteiger charge is 2.31. The molecule has 1 aliphatic rings. The van der Waals surface area contributed by atoms with Gasteiger partial charge in [-0.3, -0.25) is 9.59 Å². The molecule has 1 aromatic rings. The number of hydrogen-bond acceptors (Lipinski definition) is 5. The molecule has 0 bridgehead atoms. The second kappa shape index (κ2) is 14.6. The van der Waals surface area contributed by atoms with E-state index in [4.69, 9.17) is 9.47 Å².